The van der Waals surface area contributed by atoms with E-state index in [0.29, 0.717) is 29.5 Å². The van der Waals surface area contributed by atoms with Gasteiger partial charge < -0.3 is 14.4 Å². The van der Waals surface area contributed by atoms with Crippen molar-refractivity contribution in [2.75, 3.05) is 12.8 Å². The summed E-state index contributed by atoms with van der Waals surface area (Å²) in [5.74, 6) is 1.91. The van der Waals surface area contributed by atoms with Gasteiger partial charge in [-0.05, 0) is 32.4 Å². The quantitative estimate of drug-likeness (QED) is 0.581. The van der Waals surface area contributed by atoms with Crippen LogP contribution in [0.4, 0.5) is 0 Å². The van der Waals surface area contributed by atoms with Gasteiger partial charge in [-0.3, -0.25) is 4.79 Å². The van der Waals surface area contributed by atoms with E-state index in [1.807, 2.05) is 6.26 Å². The van der Waals surface area contributed by atoms with Crippen molar-refractivity contribution in [1.29, 1.82) is 0 Å². The number of hydrogen-bond donors (Lipinski definition) is 1. The number of nitrogens with zero attached hydrogens (tertiary/aromatic N) is 4. The highest BCUT2D eigenvalue weighted by molar-refractivity contribution is 7.98. The van der Waals surface area contributed by atoms with E-state index in [2.05, 4.69) is 39.1 Å². The summed E-state index contributed by atoms with van der Waals surface area (Å²) in [6.07, 6.45) is 3.59. The predicted octanol–water partition coefficient (Wildman–Crippen LogP) is 2.62. The summed E-state index contributed by atoms with van der Waals surface area (Å²) in [5, 5.41) is 16.2. The topological polar surface area (TPSA) is 85.8 Å². The van der Waals surface area contributed by atoms with Crippen LogP contribution in [0.1, 0.15) is 47.9 Å². The monoisotopic (exact) mass is 351 g/mol. The molecule has 2 aromatic heterocycles. The number of thioether (sulfide) groups is 1. The number of aromatic nitrogens is 4. The highest BCUT2D eigenvalue weighted by Gasteiger charge is 2.17. The van der Waals surface area contributed by atoms with Crippen molar-refractivity contribution in [2.24, 2.45) is 5.92 Å². The van der Waals surface area contributed by atoms with Crippen LogP contribution in [0.2, 0.25) is 0 Å². The van der Waals surface area contributed by atoms with Crippen LogP contribution in [0.3, 0.4) is 0 Å². The lowest BCUT2D eigenvalue weighted by atomic mass is 10.2. The third kappa shape index (κ3) is 4.37. The maximum atomic E-state index is 12.2. The molecule has 0 aromatic carbocycles. The van der Waals surface area contributed by atoms with Crippen LogP contribution in [-0.4, -0.2) is 38.6 Å². The van der Waals surface area contributed by atoms with Gasteiger partial charge in [-0.15, -0.1) is 10.2 Å². The Morgan fingerprint density at radius 3 is 2.67 bits per heavy atom. The van der Waals surface area contributed by atoms with Crippen molar-refractivity contribution in [1.82, 2.24) is 25.2 Å². The molecular weight excluding hydrogens is 326 g/mol. The Morgan fingerprint density at radius 2 is 2.08 bits per heavy atom. The number of carbonyl (C=O) groups excluding carboxylic acids is 1. The summed E-state index contributed by atoms with van der Waals surface area (Å²) in [6.45, 7) is 9.35. The zero-order valence-corrected chi connectivity index (χ0v) is 15.7. The van der Waals surface area contributed by atoms with Crippen molar-refractivity contribution in [2.45, 2.75) is 52.2 Å². The molecule has 132 valence electrons. The molecule has 0 saturated heterocycles. The minimum Gasteiger partial charge on any atom is -0.361 e. The second-order valence-corrected chi connectivity index (χ2v) is 6.94. The SMILES string of the molecule is CSc1nnc(CCCNC(=O)c2c(C)noc2C)n1CC(C)C. The number of carbonyl (C=O) groups is 1. The number of amides is 1. The average Bonchev–Trinajstić information content (AvgIpc) is 3.06. The normalized spacial score (nSPS) is 11.2. The molecule has 0 spiro atoms. The first-order valence-corrected chi connectivity index (χ1v) is 9.33. The molecule has 7 nitrogen and oxygen atoms in total. The maximum absolute atomic E-state index is 12.2. The van der Waals surface area contributed by atoms with Crippen molar-refractivity contribution < 1.29 is 9.32 Å². The van der Waals surface area contributed by atoms with Gasteiger partial charge >= 0.3 is 0 Å². The lowest BCUT2D eigenvalue weighted by Gasteiger charge is -2.11. The fraction of sp³-hybridized carbons (Fsp3) is 0.625. The smallest absolute Gasteiger partial charge is 0.256 e. The second kappa shape index (κ2) is 8.32. The summed E-state index contributed by atoms with van der Waals surface area (Å²) in [6, 6.07) is 0. The molecular formula is C16H25N5O2S. The molecule has 0 bridgehead atoms. The van der Waals surface area contributed by atoms with E-state index in [-0.39, 0.29) is 5.91 Å². The van der Waals surface area contributed by atoms with Gasteiger partial charge in [0, 0.05) is 19.5 Å². The Labute approximate surface area is 146 Å². The van der Waals surface area contributed by atoms with Crippen LogP contribution in [0, 0.1) is 19.8 Å². The number of nitrogens with one attached hydrogen (secondary N) is 1. The first-order chi connectivity index (χ1) is 11.4. The molecule has 0 aliphatic carbocycles. The molecule has 0 saturated carbocycles. The molecule has 0 fully saturated rings. The molecule has 2 heterocycles. The molecule has 2 aromatic rings. The number of rotatable bonds is 8. The molecule has 0 unspecified atom stereocenters. The van der Waals surface area contributed by atoms with Crippen LogP contribution >= 0.6 is 11.8 Å². The molecule has 0 aliphatic rings. The summed E-state index contributed by atoms with van der Waals surface area (Å²) >= 11 is 1.61. The van der Waals surface area contributed by atoms with Gasteiger partial charge in [-0.2, -0.15) is 0 Å². The summed E-state index contributed by atoms with van der Waals surface area (Å²) in [5.41, 5.74) is 1.15. The Kier molecular flexibility index (Phi) is 6.42. The van der Waals surface area contributed by atoms with Gasteiger partial charge in [0.25, 0.3) is 5.91 Å². The molecule has 2 rings (SSSR count). The van der Waals surface area contributed by atoms with Crippen molar-refractivity contribution in [3.8, 4) is 0 Å². The van der Waals surface area contributed by atoms with Gasteiger partial charge in [0.15, 0.2) is 5.16 Å². The van der Waals surface area contributed by atoms with Crippen LogP contribution in [-0.2, 0) is 13.0 Å². The molecule has 24 heavy (non-hydrogen) atoms. The van der Waals surface area contributed by atoms with Gasteiger partial charge in [0.05, 0.1) is 5.69 Å². The Balaban J connectivity index is 1.89. The lowest BCUT2D eigenvalue weighted by molar-refractivity contribution is 0.0951. The summed E-state index contributed by atoms with van der Waals surface area (Å²) < 4.78 is 7.20. The van der Waals surface area contributed by atoms with Crippen LogP contribution in [0.15, 0.2) is 9.68 Å². The van der Waals surface area contributed by atoms with Gasteiger partial charge in [-0.25, -0.2) is 0 Å². The molecule has 8 heteroatoms. The van der Waals surface area contributed by atoms with E-state index in [9.17, 15) is 4.79 Å². The first kappa shape index (κ1) is 18.5. The third-order valence-corrected chi connectivity index (χ3v) is 4.31. The second-order valence-electron chi connectivity index (χ2n) is 6.17. The van der Waals surface area contributed by atoms with Crippen molar-refractivity contribution >= 4 is 17.7 Å². The van der Waals surface area contributed by atoms with Gasteiger partial charge in [0.1, 0.15) is 17.1 Å². The largest absolute Gasteiger partial charge is 0.361 e. The molecule has 0 atom stereocenters. The van der Waals surface area contributed by atoms with E-state index >= 15 is 0 Å². The fourth-order valence-corrected chi connectivity index (χ4v) is 3.07. The van der Waals surface area contributed by atoms with E-state index in [1.165, 1.54) is 0 Å². The zero-order valence-electron chi connectivity index (χ0n) is 14.9. The molecule has 0 aliphatic heterocycles. The van der Waals surface area contributed by atoms with E-state index < -0.39 is 0 Å². The average molecular weight is 351 g/mol. The standard InChI is InChI=1S/C16H25N5O2S/c1-10(2)9-21-13(18-19-16(21)24-5)7-6-8-17-15(22)14-11(3)20-23-12(14)4/h10H,6-9H2,1-5H3,(H,17,22). The third-order valence-electron chi connectivity index (χ3n) is 3.65. The van der Waals surface area contributed by atoms with Crippen LogP contribution in [0.25, 0.3) is 0 Å². The van der Waals surface area contributed by atoms with Crippen molar-refractivity contribution in [3.05, 3.63) is 22.8 Å². The number of aryl methyl sites for hydroxylation is 3. The zero-order chi connectivity index (χ0) is 17.7. The van der Waals surface area contributed by atoms with E-state index in [0.717, 1.165) is 30.4 Å². The van der Waals surface area contributed by atoms with E-state index in [1.54, 1.807) is 25.6 Å². The van der Waals surface area contributed by atoms with E-state index in [4.69, 9.17) is 4.52 Å². The highest BCUT2D eigenvalue weighted by Crippen LogP contribution is 2.17. The highest BCUT2D eigenvalue weighted by atomic mass is 32.2. The van der Waals surface area contributed by atoms with Crippen molar-refractivity contribution in [3.63, 3.8) is 0 Å². The fourth-order valence-electron chi connectivity index (χ4n) is 2.55. The molecule has 0 radical (unpaired) electrons. The van der Waals surface area contributed by atoms with Gasteiger partial charge in [0.2, 0.25) is 0 Å². The van der Waals surface area contributed by atoms with Gasteiger partial charge in [-0.1, -0.05) is 30.8 Å². The minimum atomic E-state index is -0.139. The maximum Gasteiger partial charge on any atom is 0.256 e. The van der Waals surface area contributed by atoms with Crippen LogP contribution in [0.5, 0.6) is 0 Å². The number of hydrogen-bond acceptors (Lipinski definition) is 6. The minimum absolute atomic E-state index is 0.139. The Morgan fingerprint density at radius 1 is 1.33 bits per heavy atom. The summed E-state index contributed by atoms with van der Waals surface area (Å²) in [4.78, 5) is 12.2. The summed E-state index contributed by atoms with van der Waals surface area (Å²) in [7, 11) is 0. The molecule has 1 amide bonds. The van der Waals surface area contributed by atoms with Crippen LogP contribution < -0.4 is 5.32 Å². The predicted molar refractivity (Wildman–Crippen MR) is 93.3 cm³/mol. The Bertz CT molecular complexity index is 673. The molecule has 1 N–H and O–H groups in total. The lowest BCUT2D eigenvalue weighted by Crippen LogP contribution is -2.26. The Hall–Kier alpha value is -1.83. The first-order valence-electron chi connectivity index (χ1n) is 8.11.